The van der Waals surface area contributed by atoms with E-state index in [1.165, 1.54) is 18.4 Å². The second kappa shape index (κ2) is 5.63. The van der Waals surface area contributed by atoms with Crippen molar-refractivity contribution >= 4 is 5.97 Å². The van der Waals surface area contributed by atoms with Crippen LogP contribution in [0, 0.1) is 0 Å². The summed E-state index contributed by atoms with van der Waals surface area (Å²) in [5, 5.41) is 0. The van der Waals surface area contributed by atoms with Gasteiger partial charge in [-0.2, -0.15) is 0 Å². The fourth-order valence-electron chi connectivity index (χ4n) is 1.58. The van der Waals surface area contributed by atoms with Crippen LogP contribution in [0.2, 0.25) is 0 Å². The van der Waals surface area contributed by atoms with Crippen molar-refractivity contribution in [2.45, 2.75) is 39.5 Å². The summed E-state index contributed by atoms with van der Waals surface area (Å²) in [5.74, 6) is -0.195. The van der Waals surface area contributed by atoms with Gasteiger partial charge in [0.1, 0.15) is 0 Å². The third-order valence-electron chi connectivity index (χ3n) is 2.33. The molecule has 0 saturated carbocycles. The molecule has 14 heavy (non-hydrogen) atoms. The maximum Gasteiger partial charge on any atom is 0.333 e. The SMILES string of the molecule is CCOC(=O)C(C)=CC1=CCCCC1. The molecular weight excluding hydrogens is 176 g/mol. The molecule has 0 unspecified atom stereocenters. The normalized spacial score (nSPS) is 17.6. The highest BCUT2D eigenvalue weighted by molar-refractivity contribution is 5.88. The van der Waals surface area contributed by atoms with E-state index in [0.29, 0.717) is 12.2 Å². The van der Waals surface area contributed by atoms with Gasteiger partial charge in [0.05, 0.1) is 6.61 Å². The Morgan fingerprint density at radius 3 is 2.93 bits per heavy atom. The largest absolute Gasteiger partial charge is 0.463 e. The van der Waals surface area contributed by atoms with Gasteiger partial charge < -0.3 is 4.74 Å². The van der Waals surface area contributed by atoms with Gasteiger partial charge in [-0.1, -0.05) is 11.6 Å². The predicted octanol–water partition coefficient (Wildman–Crippen LogP) is 3.00. The van der Waals surface area contributed by atoms with Crippen LogP contribution in [0.25, 0.3) is 0 Å². The van der Waals surface area contributed by atoms with Crippen molar-refractivity contribution in [1.29, 1.82) is 0 Å². The minimum atomic E-state index is -0.195. The average Bonchev–Trinajstić information content (AvgIpc) is 2.19. The average molecular weight is 194 g/mol. The Hall–Kier alpha value is -1.05. The lowest BCUT2D eigenvalue weighted by atomic mass is 9.98. The number of allylic oxidation sites excluding steroid dienone is 3. The van der Waals surface area contributed by atoms with E-state index >= 15 is 0 Å². The third-order valence-corrected chi connectivity index (χ3v) is 2.33. The number of carbonyl (C=O) groups excluding carboxylic acids is 1. The number of esters is 1. The van der Waals surface area contributed by atoms with E-state index in [1.807, 2.05) is 19.9 Å². The van der Waals surface area contributed by atoms with Gasteiger partial charge in [0.2, 0.25) is 0 Å². The summed E-state index contributed by atoms with van der Waals surface area (Å²) in [6.07, 6.45) is 8.91. The second-order valence-corrected chi connectivity index (χ2v) is 3.57. The molecule has 0 spiro atoms. The zero-order chi connectivity index (χ0) is 10.4. The van der Waals surface area contributed by atoms with E-state index in [1.54, 1.807) is 0 Å². The molecule has 0 saturated heterocycles. The first-order valence-electron chi connectivity index (χ1n) is 5.28. The molecule has 78 valence electrons. The van der Waals surface area contributed by atoms with Crippen molar-refractivity contribution in [1.82, 2.24) is 0 Å². The monoisotopic (exact) mass is 194 g/mol. The van der Waals surface area contributed by atoms with Crippen LogP contribution in [-0.2, 0) is 9.53 Å². The summed E-state index contributed by atoms with van der Waals surface area (Å²) >= 11 is 0. The van der Waals surface area contributed by atoms with Gasteiger partial charge in [0.15, 0.2) is 0 Å². The molecule has 1 aliphatic rings. The van der Waals surface area contributed by atoms with Crippen molar-refractivity contribution < 1.29 is 9.53 Å². The van der Waals surface area contributed by atoms with Crippen molar-refractivity contribution in [3.05, 3.63) is 23.3 Å². The van der Waals surface area contributed by atoms with Crippen molar-refractivity contribution in [3.8, 4) is 0 Å². The Morgan fingerprint density at radius 1 is 1.57 bits per heavy atom. The summed E-state index contributed by atoms with van der Waals surface area (Å²) in [6.45, 7) is 4.08. The van der Waals surface area contributed by atoms with Crippen molar-refractivity contribution in [2.75, 3.05) is 6.61 Å². The molecular formula is C12H18O2. The van der Waals surface area contributed by atoms with Crippen LogP contribution < -0.4 is 0 Å². The Kier molecular flexibility index (Phi) is 4.44. The Bertz CT molecular complexity index is 261. The summed E-state index contributed by atoms with van der Waals surface area (Å²) in [4.78, 5) is 11.3. The number of hydrogen-bond acceptors (Lipinski definition) is 2. The molecule has 0 aromatic heterocycles. The number of ether oxygens (including phenoxy) is 1. The maximum absolute atomic E-state index is 11.3. The molecule has 0 atom stereocenters. The molecule has 0 aliphatic heterocycles. The maximum atomic E-state index is 11.3. The second-order valence-electron chi connectivity index (χ2n) is 3.57. The van der Waals surface area contributed by atoms with Crippen molar-refractivity contribution in [2.24, 2.45) is 0 Å². The molecule has 0 N–H and O–H groups in total. The zero-order valence-corrected chi connectivity index (χ0v) is 9.01. The predicted molar refractivity (Wildman–Crippen MR) is 56.9 cm³/mol. The van der Waals surface area contributed by atoms with Gasteiger partial charge >= 0.3 is 5.97 Å². The standard InChI is InChI=1S/C12H18O2/c1-3-14-12(13)10(2)9-11-7-5-4-6-8-11/h7,9H,3-6,8H2,1-2H3. The fourth-order valence-corrected chi connectivity index (χ4v) is 1.58. The van der Waals surface area contributed by atoms with Crippen LogP contribution in [-0.4, -0.2) is 12.6 Å². The summed E-state index contributed by atoms with van der Waals surface area (Å²) in [7, 11) is 0. The minimum Gasteiger partial charge on any atom is -0.463 e. The topological polar surface area (TPSA) is 26.3 Å². The zero-order valence-electron chi connectivity index (χ0n) is 9.01. The molecule has 2 nitrogen and oxygen atoms in total. The number of rotatable bonds is 3. The first-order chi connectivity index (χ1) is 6.74. The highest BCUT2D eigenvalue weighted by atomic mass is 16.5. The highest BCUT2D eigenvalue weighted by Crippen LogP contribution is 2.19. The summed E-state index contributed by atoms with van der Waals surface area (Å²) < 4.78 is 4.91. The minimum absolute atomic E-state index is 0.195. The van der Waals surface area contributed by atoms with Gasteiger partial charge in [-0.25, -0.2) is 4.79 Å². The summed E-state index contributed by atoms with van der Waals surface area (Å²) in [5.41, 5.74) is 1.99. The summed E-state index contributed by atoms with van der Waals surface area (Å²) in [6, 6.07) is 0. The van der Waals surface area contributed by atoms with Gasteiger partial charge in [0, 0.05) is 5.57 Å². The van der Waals surface area contributed by atoms with Gasteiger partial charge in [0.25, 0.3) is 0 Å². The first-order valence-corrected chi connectivity index (χ1v) is 5.28. The number of hydrogen-bond donors (Lipinski definition) is 0. The molecule has 1 aliphatic carbocycles. The van der Waals surface area contributed by atoms with Crippen LogP contribution in [0.3, 0.4) is 0 Å². The van der Waals surface area contributed by atoms with E-state index in [0.717, 1.165) is 12.8 Å². The van der Waals surface area contributed by atoms with Gasteiger partial charge in [-0.05, 0) is 45.6 Å². The van der Waals surface area contributed by atoms with Crippen LogP contribution in [0.4, 0.5) is 0 Å². The van der Waals surface area contributed by atoms with E-state index in [9.17, 15) is 4.79 Å². The lowest BCUT2D eigenvalue weighted by molar-refractivity contribution is -0.138. The molecule has 0 aromatic carbocycles. The molecule has 0 heterocycles. The smallest absolute Gasteiger partial charge is 0.333 e. The molecule has 0 aromatic rings. The lowest BCUT2D eigenvalue weighted by Crippen LogP contribution is -2.05. The molecule has 0 radical (unpaired) electrons. The molecule has 1 rings (SSSR count). The van der Waals surface area contributed by atoms with E-state index in [4.69, 9.17) is 4.74 Å². The van der Waals surface area contributed by atoms with Crippen LogP contribution in [0.1, 0.15) is 39.5 Å². The molecule has 2 heteroatoms. The van der Waals surface area contributed by atoms with E-state index < -0.39 is 0 Å². The molecule has 0 fully saturated rings. The van der Waals surface area contributed by atoms with Crippen molar-refractivity contribution in [3.63, 3.8) is 0 Å². The van der Waals surface area contributed by atoms with E-state index in [2.05, 4.69) is 6.08 Å². The van der Waals surface area contributed by atoms with Crippen LogP contribution in [0.5, 0.6) is 0 Å². The van der Waals surface area contributed by atoms with Crippen LogP contribution in [0.15, 0.2) is 23.3 Å². The first kappa shape index (κ1) is 11.0. The van der Waals surface area contributed by atoms with Gasteiger partial charge in [-0.3, -0.25) is 0 Å². The lowest BCUT2D eigenvalue weighted by Gasteiger charge is -2.09. The van der Waals surface area contributed by atoms with Gasteiger partial charge in [-0.15, -0.1) is 0 Å². The quantitative estimate of drug-likeness (QED) is 0.510. The van der Waals surface area contributed by atoms with Crippen LogP contribution >= 0.6 is 0 Å². The molecule has 0 amide bonds. The number of carbonyl (C=O) groups is 1. The Morgan fingerprint density at radius 2 is 2.36 bits per heavy atom. The third kappa shape index (κ3) is 3.36. The Labute approximate surface area is 85.6 Å². The highest BCUT2D eigenvalue weighted by Gasteiger charge is 2.06. The molecule has 0 bridgehead atoms. The van der Waals surface area contributed by atoms with E-state index in [-0.39, 0.29) is 5.97 Å². The Balaban J connectivity index is 2.57. The fraction of sp³-hybridized carbons (Fsp3) is 0.583.